The standard InChI is InChI=1S/C25H26FN3O5/c1-25(2,12-22(31)32)11-21(30)27-15-10-20-23(33)28-19-8-7-14(16-5-3-4-6-18(16)26)9-17(19)24(34)29(20)13-15/h3-9,15,20H,10-13H2,1-2H3,(H,27,30)(H,28,33)(H,31,32)/t15-,20-/m0/s1. The van der Waals surface area contributed by atoms with Crippen LogP contribution in [0.5, 0.6) is 0 Å². The van der Waals surface area contributed by atoms with Gasteiger partial charge in [-0.25, -0.2) is 4.39 Å². The normalized spacial score (nSPS) is 19.7. The summed E-state index contributed by atoms with van der Waals surface area (Å²) < 4.78 is 14.3. The van der Waals surface area contributed by atoms with Gasteiger partial charge in [0.05, 0.1) is 17.7 Å². The lowest BCUT2D eigenvalue weighted by Gasteiger charge is -2.23. The summed E-state index contributed by atoms with van der Waals surface area (Å²) in [6.07, 6.45) is 0.105. The second-order valence-electron chi connectivity index (χ2n) is 9.61. The Labute approximate surface area is 196 Å². The van der Waals surface area contributed by atoms with Crippen LogP contribution in [0.15, 0.2) is 42.5 Å². The maximum absolute atomic E-state index is 14.3. The summed E-state index contributed by atoms with van der Waals surface area (Å²) in [5.41, 5.74) is 0.754. The highest BCUT2D eigenvalue weighted by Gasteiger charge is 2.43. The van der Waals surface area contributed by atoms with E-state index in [-0.39, 0.29) is 49.1 Å². The Hall–Kier alpha value is -3.75. The quantitative estimate of drug-likeness (QED) is 0.604. The SMILES string of the molecule is CC(C)(CC(=O)O)CC(=O)N[C@H]1C[C@H]2C(=O)Nc3ccc(-c4ccccc4F)cc3C(=O)N2C1. The fourth-order valence-electron chi connectivity index (χ4n) is 4.66. The zero-order chi connectivity index (χ0) is 24.6. The topological polar surface area (TPSA) is 116 Å². The number of carboxylic acids is 1. The minimum atomic E-state index is -0.984. The number of nitrogens with one attached hydrogen (secondary N) is 2. The van der Waals surface area contributed by atoms with Gasteiger partial charge < -0.3 is 20.6 Å². The van der Waals surface area contributed by atoms with Crippen molar-refractivity contribution in [3.05, 3.63) is 53.8 Å². The summed E-state index contributed by atoms with van der Waals surface area (Å²) in [4.78, 5) is 51.2. The van der Waals surface area contributed by atoms with Crippen LogP contribution in [-0.4, -0.2) is 52.3 Å². The first-order valence-corrected chi connectivity index (χ1v) is 11.1. The number of hydrogen-bond acceptors (Lipinski definition) is 4. The van der Waals surface area contributed by atoms with Crippen LogP contribution in [0.3, 0.4) is 0 Å². The molecule has 0 radical (unpaired) electrons. The molecule has 0 unspecified atom stereocenters. The molecule has 0 bridgehead atoms. The van der Waals surface area contributed by atoms with Crippen LogP contribution in [0.4, 0.5) is 10.1 Å². The molecule has 178 valence electrons. The summed E-state index contributed by atoms with van der Waals surface area (Å²) in [7, 11) is 0. The molecule has 2 aromatic rings. The molecule has 1 fully saturated rings. The smallest absolute Gasteiger partial charge is 0.303 e. The highest BCUT2D eigenvalue weighted by atomic mass is 19.1. The monoisotopic (exact) mass is 467 g/mol. The van der Waals surface area contributed by atoms with Crippen LogP contribution < -0.4 is 10.6 Å². The van der Waals surface area contributed by atoms with Gasteiger partial charge in [0.1, 0.15) is 11.9 Å². The van der Waals surface area contributed by atoms with E-state index in [4.69, 9.17) is 5.11 Å². The molecule has 0 aliphatic carbocycles. The third-order valence-corrected chi connectivity index (χ3v) is 6.19. The third-order valence-electron chi connectivity index (χ3n) is 6.19. The summed E-state index contributed by atoms with van der Waals surface area (Å²) in [5, 5.41) is 14.6. The van der Waals surface area contributed by atoms with Gasteiger partial charge in [-0.05, 0) is 35.6 Å². The summed E-state index contributed by atoms with van der Waals surface area (Å²) in [6, 6.07) is 9.87. The second-order valence-corrected chi connectivity index (χ2v) is 9.61. The molecule has 0 spiro atoms. The third kappa shape index (κ3) is 4.78. The van der Waals surface area contributed by atoms with Crippen molar-refractivity contribution in [2.24, 2.45) is 5.41 Å². The Morgan fingerprint density at radius 3 is 2.59 bits per heavy atom. The van der Waals surface area contributed by atoms with E-state index < -0.39 is 29.3 Å². The van der Waals surface area contributed by atoms with Gasteiger partial charge in [0.2, 0.25) is 11.8 Å². The number of amides is 3. The molecular formula is C25H26FN3O5. The van der Waals surface area contributed by atoms with E-state index in [0.717, 1.165) is 0 Å². The van der Waals surface area contributed by atoms with Crippen molar-refractivity contribution in [3.8, 4) is 11.1 Å². The second kappa shape index (κ2) is 8.89. The van der Waals surface area contributed by atoms with Gasteiger partial charge in [-0.1, -0.05) is 38.1 Å². The van der Waals surface area contributed by atoms with E-state index in [1.54, 1.807) is 50.2 Å². The number of carbonyl (C=O) groups is 4. The van der Waals surface area contributed by atoms with Gasteiger partial charge >= 0.3 is 5.97 Å². The van der Waals surface area contributed by atoms with E-state index in [0.29, 0.717) is 16.8 Å². The number of carbonyl (C=O) groups excluding carboxylic acids is 3. The van der Waals surface area contributed by atoms with E-state index in [1.165, 1.54) is 11.0 Å². The number of benzene rings is 2. The highest BCUT2D eigenvalue weighted by Crippen LogP contribution is 2.33. The molecule has 2 heterocycles. The van der Waals surface area contributed by atoms with Crippen molar-refractivity contribution >= 4 is 29.4 Å². The van der Waals surface area contributed by atoms with Gasteiger partial charge in [-0.2, -0.15) is 0 Å². The molecule has 3 amide bonds. The van der Waals surface area contributed by atoms with Crippen molar-refractivity contribution in [1.29, 1.82) is 0 Å². The van der Waals surface area contributed by atoms with Crippen LogP contribution in [0, 0.1) is 11.2 Å². The molecule has 8 nitrogen and oxygen atoms in total. The van der Waals surface area contributed by atoms with Gasteiger partial charge in [-0.3, -0.25) is 19.2 Å². The van der Waals surface area contributed by atoms with Gasteiger partial charge in [-0.15, -0.1) is 0 Å². The van der Waals surface area contributed by atoms with Gasteiger partial charge in [0.15, 0.2) is 0 Å². The van der Waals surface area contributed by atoms with E-state index >= 15 is 0 Å². The van der Waals surface area contributed by atoms with Gasteiger partial charge in [0, 0.05) is 24.6 Å². The Bertz CT molecular complexity index is 1180. The number of nitrogens with zero attached hydrogens (tertiary/aromatic N) is 1. The minimum Gasteiger partial charge on any atom is -0.481 e. The minimum absolute atomic E-state index is 0.00937. The van der Waals surface area contributed by atoms with Crippen LogP contribution in [-0.2, 0) is 14.4 Å². The van der Waals surface area contributed by atoms with Crippen molar-refractivity contribution in [3.63, 3.8) is 0 Å². The highest BCUT2D eigenvalue weighted by molar-refractivity contribution is 6.11. The van der Waals surface area contributed by atoms with Crippen molar-refractivity contribution < 1.29 is 28.7 Å². The van der Waals surface area contributed by atoms with E-state index in [2.05, 4.69) is 10.6 Å². The average molecular weight is 467 g/mol. The van der Waals surface area contributed by atoms with Crippen LogP contribution in [0.2, 0.25) is 0 Å². The molecule has 0 aromatic heterocycles. The van der Waals surface area contributed by atoms with Gasteiger partial charge in [0.25, 0.3) is 5.91 Å². The molecule has 2 aliphatic heterocycles. The lowest BCUT2D eigenvalue weighted by molar-refractivity contribution is -0.139. The van der Waals surface area contributed by atoms with Crippen molar-refractivity contribution in [1.82, 2.24) is 10.2 Å². The zero-order valence-corrected chi connectivity index (χ0v) is 18.9. The largest absolute Gasteiger partial charge is 0.481 e. The molecule has 34 heavy (non-hydrogen) atoms. The molecule has 2 aliphatic rings. The Balaban J connectivity index is 1.52. The van der Waals surface area contributed by atoms with E-state index in [1.807, 2.05) is 0 Å². The molecule has 4 rings (SSSR count). The number of carboxylic acid groups (broad SMARTS) is 1. The first-order chi connectivity index (χ1) is 16.0. The predicted molar refractivity (Wildman–Crippen MR) is 122 cm³/mol. The first-order valence-electron chi connectivity index (χ1n) is 11.1. The molecule has 3 N–H and O–H groups in total. The Kier molecular flexibility index (Phi) is 6.12. The number of rotatable bonds is 6. The van der Waals surface area contributed by atoms with Crippen molar-refractivity contribution in [2.75, 3.05) is 11.9 Å². The fourth-order valence-corrected chi connectivity index (χ4v) is 4.66. The van der Waals surface area contributed by atoms with E-state index in [9.17, 15) is 23.6 Å². The summed E-state index contributed by atoms with van der Waals surface area (Å²) in [5.74, 6) is -2.46. The summed E-state index contributed by atoms with van der Waals surface area (Å²) >= 11 is 0. The first kappa shape index (κ1) is 23.4. The summed E-state index contributed by atoms with van der Waals surface area (Å²) in [6.45, 7) is 3.54. The van der Waals surface area contributed by atoms with Crippen LogP contribution in [0.25, 0.3) is 11.1 Å². The average Bonchev–Trinajstić information content (AvgIpc) is 3.12. The number of hydrogen-bond donors (Lipinski definition) is 3. The fraction of sp³-hybridized carbons (Fsp3) is 0.360. The maximum Gasteiger partial charge on any atom is 0.303 e. The zero-order valence-electron chi connectivity index (χ0n) is 18.9. The molecule has 2 aromatic carbocycles. The van der Waals surface area contributed by atoms with Crippen LogP contribution in [0.1, 0.15) is 43.5 Å². The van der Waals surface area contributed by atoms with Crippen molar-refractivity contribution in [2.45, 2.75) is 45.2 Å². The molecule has 1 saturated heterocycles. The molecular weight excluding hydrogens is 441 g/mol. The number of halogens is 1. The lowest BCUT2D eigenvalue weighted by atomic mass is 9.85. The molecule has 0 saturated carbocycles. The molecule has 9 heteroatoms. The number of anilines is 1. The van der Waals surface area contributed by atoms with Crippen LogP contribution >= 0.6 is 0 Å². The molecule has 2 atom stereocenters. The lowest BCUT2D eigenvalue weighted by Crippen LogP contribution is -2.41. The number of aliphatic carboxylic acids is 1. The Morgan fingerprint density at radius 2 is 1.88 bits per heavy atom. The predicted octanol–water partition coefficient (Wildman–Crippen LogP) is 3.04. The maximum atomic E-state index is 14.3. The number of fused-ring (bicyclic) bond motifs is 2. The Morgan fingerprint density at radius 1 is 1.15 bits per heavy atom.